The number of amides is 1. The minimum Gasteiger partial charge on any atom is -0.496 e. The first-order valence-electron chi connectivity index (χ1n) is 6.96. The summed E-state index contributed by atoms with van der Waals surface area (Å²) in [5.74, 6) is 0.455. The van der Waals surface area contributed by atoms with Gasteiger partial charge in [0.25, 0.3) is 5.91 Å². The topological polar surface area (TPSA) is 72.5 Å². The number of aromatic nitrogens is 1. The Bertz CT molecular complexity index is 875. The number of carbonyl (C=O) groups excluding carboxylic acids is 1. The molecule has 0 unspecified atom stereocenters. The summed E-state index contributed by atoms with van der Waals surface area (Å²) in [4.78, 5) is 16.8. The molecule has 0 atom stereocenters. The third-order valence-corrected chi connectivity index (χ3v) is 4.46. The monoisotopic (exact) mass is 363 g/mol. The molecule has 0 aliphatic rings. The molecule has 0 saturated heterocycles. The molecule has 8 heteroatoms. The number of thiazole rings is 1. The van der Waals surface area contributed by atoms with Crippen molar-refractivity contribution in [2.24, 2.45) is 0 Å². The number of hydrazine groups is 1. The molecule has 2 N–H and O–H groups in total. The Morgan fingerprint density at radius 1 is 1.17 bits per heavy atom. The van der Waals surface area contributed by atoms with Crippen LogP contribution in [0, 0.1) is 0 Å². The fraction of sp³-hybridized carbons (Fsp3) is 0.125. The average Bonchev–Trinajstić information content (AvgIpc) is 3.00. The van der Waals surface area contributed by atoms with E-state index in [0.29, 0.717) is 27.2 Å². The summed E-state index contributed by atoms with van der Waals surface area (Å²) >= 11 is 7.35. The van der Waals surface area contributed by atoms with Crippen molar-refractivity contribution in [1.82, 2.24) is 10.4 Å². The van der Waals surface area contributed by atoms with E-state index in [-0.39, 0.29) is 5.91 Å². The van der Waals surface area contributed by atoms with Crippen molar-refractivity contribution in [3.8, 4) is 11.5 Å². The van der Waals surface area contributed by atoms with E-state index in [1.165, 1.54) is 25.6 Å². The second-order valence-electron chi connectivity index (χ2n) is 4.75. The van der Waals surface area contributed by atoms with Crippen molar-refractivity contribution in [2.45, 2.75) is 0 Å². The molecule has 0 bridgehead atoms. The van der Waals surface area contributed by atoms with Crippen LogP contribution in [0.5, 0.6) is 11.5 Å². The first-order chi connectivity index (χ1) is 11.6. The molecule has 1 aromatic heterocycles. The summed E-state index contributed by atoms with van der Waals surface area (Å²) in [6.45, 7) is 0. The molecule has 6 nitrogen and oxygen atoms in total. The summed E-state index contributed by atoms with van der Waals surface area (Å²) in [5, 5.41) is 1.19. The van der Waals surface area contributed by atoms with E-state index in [1.807, 2.05) is 12.1 Å². The number of benzene rings is 2. The van der Waals surface area contributed by atoms with Crippen LogP contribution in [0.15, 0.2) is 36.4 Å². The van der Waals surface area contributed by atoms with E-state index in [0.717, 1.165) is 10.2 Å². The number of rotatable bonds is 5. The van der Waals surface area contributed by atoms with Gasteiger partial charge in [-0.3, -0.25) is 15.6 Å². The predicted octanol–water partition coefficient (Wildman–Crippen LogP) is 3.72. The Kier molecular flexibility index (Phi) is 4.73. The van der Waals surface area contributed by atoms with Gasteiger partial charge in [0.15, 0.2) is 0 Å². The lowest BCUT2D eigenvalue weighted by Gasteiger charge is -2.12. The van der Waals surface area contributed by atoms with Crippen LogP contribution in [0.3, 0.4) is 0 Å². The molecule has 0 saturated carbocycles. The molecule has 124 valence electrons. The molecule has 3 aromatic rings. The summed E-state index contributed by atoms with van der Waals surface area (Å²) < 4.78 is 11.4. The highest BCUT2D eigenvalue weighted by Crippen LogP contribution is 2.29. The molecule has 1 amide bonds. The molecule has 2 aromatic carbocycles. The molecular formula is C16H14ClN3O3S. The molecule has 0 fully saturated rings. The smallest absolute Gasteiger partial charge is 0.277 e. The van der Waals surface area contributed by atoms with E-state index in [9.17, 15) is 4.79 Å². The van der Waals surface area contributed by atoms with Gasteiger partial charge in [-0.2, -0.15) is 0 Å². The van der Waals surface area contributed by atoms with Gasteiger partial charge in [0.05, 0.1) is 24.4 Å². The maximum absolute atomic E-state index is 12.5. The van der Waals surface area contributed by atoms with Crippen LogP contribution in [0.4, 0.5) is 5.13 Å². The van der Waals surface area contributed by atoms with E-state index >= 15 is 0 Å². The molecule has 0 radical (unpaired) electrons. The number of carbonyl (C=O) groups is 1. The SMILES string of the molecule is COc1cccc(OC)c1C(=O)NNc1nc2ccc(Cl)cc2s1. The third-order valence-electron chi connectivity index (χ3n) is 3.29. The number of halogens is 1. The van der Waals surface area contributed by atoms with Gasteiger partial charge in [0, 0.05) is 5.02 Å². The zero-order valence-corrected chi connectivity index (χ0v) is 14.5. The van der Waals surface area contributed by atoms with Crippen LogP contribution in [0.25, 0.3) is 10.2 Å². The van der Waals surface area contributed by atoms with Crippen molar-refractivity contribution < 1.29 is 14.3 Å². The second kappa shape index (κ2) is 6.94. The zero-order valence-electron chi connectivity index (χ0n) is 12.9. The Labute approximate surface area is 147 Å². The number of nitrogens with zero attached hydrogens (tertiary/aromatic N) is 1. The van der Waals surface area contributed by atoms with Crippen molar-refractivity contribution in [2.75, 3.05) is 19.6 Å². The molecule has 0 aliphatic heterocycles. The van der Waals surface area contributed by atoms with Crippen LogP contribution in [0.2, 0.25) is 5.02 Å². The Morgan fingerprint density at radius 3 is 2.54 bits per heavy atom. The minimum atomic E-state index is -0.387. The van der Waals surface area contributed by atoms with Crippen molar-refractivity contribution >= 4 is 44.2 Å². The van der Waals surface area contributed by atoms with Gasteiger partial charge < -0.3 is 9.47 Å². The van der Waals surface area contributed by atoms with Crippen molar-refractivity contribution in [1.29, 1.82) is 0 Å². The number of methoxy groups -OCH3 is 2. The number of anilines is 1. The lowest BCUT2D eigenvalue weighted by Crippen LogP contribution is -2.30. The van der Waals surface area contributed by atoms with Gasteiger partial charge in [0.2, 0.25) is 5.13 Å². The van der Waals surface area contributed by atoms with Crippen LogP contribution in [0.1, 0.15) is 10.4 Å². The van der Waals surface area contributed by atoms with Crippen LogP contribution in [-0.4, -0.2) is 25.1 Å². The minimum absolute atomic E-state index is 0.305. The maximum Gasteiger partial charge on any atom is 0.277 e. The Hall–Kier alpha value is -2.51. The van der Waals surface area contributed by atoms with Crippen LogP contribution in [-0.2, 0) is 0 Å². The highest BCUT2D eigenvalue weighted by Gasteiger charge is 2.18. The molecule has 24 heavy (non-hydrogen) atoms. The first kappa shape index (κ1) is 16.4. The predicted molar refractivity (Wildman–Crippen MR) is 95.3 cm³/mol. The van der Waals surface area contributed by atoms with Gasteiger partial charge in [0.1, 0.15) is 17.1 Å². The quantitative estimate of drug-likeness (QED) is 0.676. The fourth-order valence-electron chi connectivity index (χ4n) is 2.20. The molecular weight excluding hydrogens is 350 g/mol. The number of hydrogen-bond donors (Lipinski definition) is 2. The molecule has 1 heterocycles. The van der Waals surface area contributed by atoms with Gasteiger partial charge in [-0.15, -0.1) is 0 Å². The van der Waals surface area contributed by atoms with E-state index < -0.39 is 0 Å². The summed E-state index contributed by atoms with van der Waals surface area (Å²) in [7, 11) is 2.99. The van der Waals surface area contributed by atoms with Gasteiger partial charge in [-0.05, 0) is 30.3 Å². The summed E-state index contributed by atoms with van der Waals surface area (Å²) in [6.07, 6.45) is 0. The number of ether oxygens (including phenoxy) is 2. The summed E-state index contributed by atoms with van der Waals surface area (Å²) in [6, 6.07) is 10.5. The lowest BCUT2D eigenvalue weighted by molar-refractivity contribution is 0.0956. The molecule has 0 aliphatic carbocycles. The van der Waals surface area contributed by atoms with Crippen molar-refractivity contribution in [3.05, 3.63) is 47.0 Å². The van der Waals surface area contributed by atoms with Crippen LogP contribution >= 0.6 is 22.9 Å². The second-order valence-corrected chi connectivity index (χ2v) is 6.21. The highest BCUT2D eigenvalue weighted by molar-refractivity contribution is 7.22. The van der Waals surface area contributed by atoms with Crippen LogP contribution < -0.4 is 20.3 Å². The highest BCUT2D eigenvalue weighted by atomic mass is 35.5. The Morgan fingerprint density at radius 2 is 1.88 bits per heavy atom. The average molecular weight is 364 g/mol. The first-order valence-corrected chi connectivity index (χ1v) is 8.15. The molecule has 0 spiro atoms. The van der Waals surface area contributed by atoms with Gasteiger partial charge >= 0.3 is 0 Å². The zero-order chi connectivity index (χ0) is 17.1. The standard InChI is InChI=1S/C16H14ClN3O3S/c1-22-11-4-3-5-12(23-2)14(11)15(21)19-20-16-18-10-7-6-9(17)8-13(10)24-16/h3-8H,1-2H3,(H,18,20)(H,19,21). The van der Waals surface area contributed by atoms with E-state index in [2.05, 4.69) is 15.8 Å². The lowest BCUT2D eigenvalue weighted by atomic mass is 10.1. The fourth-order valence-corrected chi connectivity index (χ4v) is 3.29. The number of hydrogen-bond acceptors (Lipinski definition) is 6. The largest absolute Gasteiger partial charge is 0.496 e. The number of fused-ring (bicyclic) bond motifs is 1. The Balaban J connectivity index is 1.80. The maximum atomic E-state index is 12.5. The summed E-state index contributed by atoms with van der Waals surface area (Å²) in [5.41, 5.74) is 6.52. The normalized spacial score (nSPS) is 10.5. The van der Waals surface area contributed by atoms with E-state index in [4.69, 9.17) is 21.1 Å². The van der Waals surface area contributed by atoms with Gasteiger partial charge in [-0.1, -0.05) is 29.0 Å². The van der Waals surface area contributed by atoms with Gasteiger partial charge in [-0.25, -0.2) is 4.98 Å². The third kappa shape index (κ3) is 3.22. The molecule has 3 rings (SSSR count). The van der Waals surface area contributed by atoms with E-state index in [1.54, 1.807) is 24.3 Å². The number of nitrogens with one attached hydrogen (secondary N) is 2. The van der Waals surface area contributed by atoms with Crippen molar-refractivity contribution in [3.63, 3.8) is 0 Å².